The van der Waals surface area contributed by atoms with Crippen LogP contribution in [0, 0.1) is 13.8 Å². The molecule has 0 radical (unpaired) electrons. The zero-order chi connectivity index (χ0) is 14.9. The van der Waals surface area contributed by atoms with Gasteiger partial charge in [0.15, 0.2) is 0 Å². The van der Waals surface area contributed by atoms with Gasteiger partial charge in [-0.15, -0.1) is 12.4 Å². The highest BCUT2D eigenvalue weighted by atomic mass is 35.5. The molecule has 120 valence electrons. The van der Waals surface area contributed by atoms with Gasteiger partial charge < -0.3 is 10.1 Å². The van der Waals surface area contributed by atoms with E-state index in [2.05, 4.69) is 5.32 Å². The summed E-state index contributed by atoms with van der Waals surface area (Å²) in [6.45, 7) is 7.51. The number of nitrogens with zero attached hydrogens (tertiary/aromatic N) is 1. The Kier molecular flexibility index (Phi) is 6.04. The molecular formula is C14H23ClN2O3S. The Hall–Kier alpha value is -0.820. The molecule has 1 aromatic carbocycles. The molecule has 7 heteroatoms. The lowest BCUT2D eigenvalue weighted by Crippen LogP contribution is -2.52. The van der Waals surface area contributed by atoms with Gasteiger partial charge in [-0.1, -0.05) is 6.07 Å². The maximum Gasteiger partial charge on any atom is 0.247 e. The highest BCUT2D eigenvalue weighted by Crippen LogP contribution is 2.32. The Bertz CT molecular complexity index is 604. The first-order valence-electron chi connectivity index (χ1n) is 6.75. The van der Waals surface area contributed by atoms with Crippen LogP contribution in [0.3, 0.4) is 0 Å². The minimum absolute atomic E-state index is 0. The lowest BCUT2D eigenvalue weighted by molar-refractivity contribution is 0.282. The molecule has 5 nitrogen and oxygen atoms in total. The number of piperazine rings is 1. The predicted octanol–water partition coefficient (Wildman–Crippen LogP) is 1.72. The summed E-state index contributed by atoms with van der Waals surface area (Å²) in [6.07, 6.45) is 0. The number of benzene rings is 1. The van der Waals surface area contributed by atoms with E-state index < -0.39 is 10.0 Å². The quantitative estimate of drug-likeness (QED) is 0.914. The van der Waals surface area contributed by atoms with Crippen LogP contribution in [0.15, 0.2) is 17.0 Å². The van der Waals surface area contributed by atoms with Crippen LogP contribution in [0.2, 0.25) is 0 Å². The van der Waals surface area contributed by atoms with Crippen molar-refractivity contribution < 1.29 is 13.2 Å². The van der Waals surface area contributed by atoms with Gasteiger partial charge in [0.2, 0.25) is 10.0 Å². The lowest BCUT2D eigenvalue weighted by Gasteiger charge is -2.33. The summed E-state index contributed by atoms with van der Waals surface area (Å²) < 4.78 is 32.7. The van der Waals surface area contributed by atoms with E-state index in [0.29, 0.717) is 25.4 Å². The molecule has 0 aromatic heterocycles. The number of rotatable bonds is 3. The van der Waals surface area contributed by atoms with Crippen molar-refractivity contribution >= 4 is 22.4 Å². The third-order valence-corrected chi connectivity index (χ3v) is 5.63. The van der Waals surface area contributed by atoms with Crippen LogP contribution < -0.4 is 10.1 Å². The summed E-state index contributed by atoms with van der Waals surface area (Å²) >= 11 is 0. The van der Waals surface area contributed by atoms with E-state index in [1.807, 2.05) is 26.8 Å². The van der Waals surface area contributed by atoms with E-state index in [9.17, 15) is 8.42 Å². The number of sulfonamides is 1. The van der Waals surface area contributed by atoms with Crippen LogP contribution in [0.5, 0.6) is 5.75 Å². The number of hydrogen-bond acceptors (Lipinski definition) is 4. The lowest BCUT2D eigenvalue weighted by atomic mass is 10.1. The molecule has 1 aliphatic rings. The molecule has 0 spiro atoms. The summed E-state index contributed by atoms with van der Waals surface area (Å²) in [6, 6.07) is 3.56. The van der Waals surface area contributed by atoms with Crippen LogP contribution in [0.25, 0.3) is 0 Å². The van der Waals surface area contributed by atoms with Crippen molar-refractivity contribution in [2.75, 3.05) is 26.7 Å². The molecule has 1 heterocycles. The number of hydrogen-bond donors (Lipinski definition) is 1. The van der Waals surface area contributed by atoms with Crippen LogP contribution in [-0.2, 0) is 10.0 Å². The van der Waals surface area contributed by atoms with E-state index in [0.717, 1.165) is 11.1 Å². The predicted molar refractivity (Wildman–Crippen MR) is 85.9 cm³/mol. The number of halogens is 1. The summed E-state index contributed by atoms with van der Waals surface area (Å²) in [5.74, 6) is 0.446. The standard InChI is InChI=1S/C14H22N2O3S.ClH/c1-10-7-11(2)14(19-4)13(8-10)20(17,18)16-6-5-15-9-12(16)3;/h7-8,12,15H,5-6,9H2,1-4H3;1H. The van der Waals surface area contributed by atoms with Gasteiger partial charge in [-0.2, -0.15) is 4.31 Å². The number of nitrogens with one attached hydrogen (secondary N) is 1. The molecule has 1 atom stereocenters. The molecule has 1 fully saturated rings. The van der Waals surface area contributed by atoms with Gasteiger partial charge in [-0.05, 0) is 38.0 Å². The number of aryl methyl sites for hydroxylation is 2. The molecule has 2 rings (SSSR count). The van der Waals surface area contributed by atoms with Gasteiger partial charge >= 0.3 is 0 Å². The van der Waals surface area contributed by atoms with E-state index in [4.69, 9.17) is 4.74 Å². The maximum atomic E-state index is 12.9. The molecule has 21 heavy (non-hydrogen) atoms. The highest BCUT2D eigenvalue weighted by molar-refractivity contribution is 7.89. The highest BCUT2D eigenvalue weighted by Gasteiger charge is 2.33. The largest absolute Gasteiger partial charge is 0.495 e. The second-order valence-electron chi connectivity index (χ2n) is 5.28. The van der Waals surface area contributed by atoms with Crippen molar-refractivity contribution in [3.63, 3.8) is 0 Å². The Morgan fingerprint density at radius 3 is 2.57 bits per heavy atom. The average molecular weight is 335 g/mol. The van der Waals surface area contributed by atoms with E-state index in [-0.39, 0.29) is 23.3 Å². The molecule has 0 bridgehead atoms. The Labute approximate surface area is 133 Å². The van der Waals surface area contributed by atoms with Crippen molar-refractivity contribution in [3.8, 4) is 5.75 Å². The third kappa shape index (κ3) is 3.51. The molecule has 1 N–H and O–H groups in total. The summed E-state index contributed by atoms with van der Waals surface area (Å²) in [5.41, 5.74) is 1.76. The van der Waals surface area contributed by atoms with Gasteiger partial charge in [0.25, 0.3) is 0 Å². The Morgan fingerprint density at radius 1 is 1.33 bits per heavy atom. The SMILES string of the molecule is COc1c(C)cc(C)cc1S(=O)(=O)N1CCNCC1C.Cl. The van der Waals surface area contributed by atoms with Crippen molar-refractivity contribution in [3.05, 3.63) is 23.3 Å². The van der Waals surface area contributed by atoms with Crippen LogP contribution >= 0.6 is 12.4 Å². The Morgan fingerprint density at radius 2 is 2.00 bits per heavy atom. The van der Waals surface area contributed by atoms with Crippen LogP contribution in [0.1, 0.15) is 18.1 Å². The molecular weight excluding hydrogens is 312 g/mol. The van der Waals surface area contributed by atoms with Crippen LogP contribution in [0.4, 0.5) is 0 Å². The van der Waals surface area contributed by atoms with Gasteiger partial charge in [0.1, 0.15) is 10.6 Å². The zero-order valence-corrected chi connectivity index (χ0v) is 14.5. The molecule has 0 saturated carbocycles. The van der Waals surface area contributed by atoms with Gasteiger partial charge in [0, 0.05) is 25.7 Å². The van der Waals surface area contributed by atoms with E-state index in [1.54, 1.807) is 10.4 Å². The first kappa shape index (κ1) is 18.2. The van der Waals surface area contributed by atoms with Gasteiger partial charge in [-0.3, -0.25) is 0 Å². The zero-order valence-electron chi connectivity index (χ0n) is 12.8. The smallest absolute Gasteiger partial charge is 0.247 e. The molecule has 1 aliphatic heterocycles. The topological polar surface area (TPSA) is 58.6 Å². The van der Waals surface area contributed by atoms with Crippen molar-refractivity contribution in [1.29, 1.82) is 0 Å². The fourth-order valence-corrected chi connectivity index (χ4v) is 4.62. The Balaban J connectivity index is 0.00000220. The summed E-state index contributed by atoms with van der Waals surface area (Å²) in [7, 11) is -2.02. The second kappa shape index (κ2) is 6.96. The molecule has 1 aromatic rings. The van der Waals surface area contributed by atoms with Gasteiger partial charge in [-0.25, -0.2) is 8.42 Å². The van der Waals surface area contributed by atoms with Crippen LogP contribution in [-0.4, -0.2) is 45.5 Å². The van der Waals surface area contributed by atoms with Gasteiger partial charge in [0.05, 0.1) is 7.11 Å². The fourth-order valence-electron chi connectivity index (χ4n) is 2.67. The summed E-state index contributed by atoms with van der Waals surface area (Å²) in [4.78, 5) is 0.270. The third-order valence-electron chi connectivity index (χ3n) is 3.62. The normalized spacial score (nSPS) is 19.9. The van der Waals surface area contributed by atoms with Crippen molar-refractivity contribution in [1.82, 2.24) is 9.62 Å². The maximum absolute atomic E-state index is 12.9. The van der Waals surface area contributed by atoms with Crippen molar-refractivity contribution in [2.24, 2.45) is 0 Å². The fraction of sp³-hybridized carbons (Fsp3) is 0.571. The number of ether oxygens (including phenoxy) is 1. The minimum Gasteiger partial charge on any atom is -0.495 e. The summed E-state index contributed by atoms with van der Waals surface area (Å²) in [5, 5.41) is 3.20. The monoisotopic (exact) mass is 334 g/mol. The molecule has 0 amide bonds. The average Bonchev–Trinajstić information content (AvgIpc) is 2.38. The first-order valence-corrected chi connectivity index (χ1v) is 8.19. The minimum atomic E-state index is -3.53. The van der Waals surface area contributed by atoms with E-state index in [1.165, 1.54) is 7.11 Å². The second-order valence-corrected chi connectivity index (χ2v) is 7.14. The number of methoxy groups -OCH3 is 1. The molecule has 1 saturated heterocycles. The molecule has 1 unspecified atom stereocenters. The molecule has 0 aliphatic carbocycles. The first-order chi connectivity index (χ1) is 9.37. The van der Waals surface area contributed by atoms with Crippen molar-refractivity contribution in [2.45, 2.75) is 31.7 Å². The van der Waals surface area contributed by atoms with E-state index >= 15 is 0 Å².